The molecule has 0 spiro atoms. The van der Waals surface area contributed by atoms with Crippen molar-refractivity contribution in [2.45, 2.75) is 52.4 Å². The van der Waals surface area contributed by atoms with Crippen molar-refractivity contribution < 1.29 is 14.4 Å². The second kappa shape index (κ2) is 9.22. The molecule has 0 aromatic heterocycles. The molecule has 3 amide bonds. The predicted molar refractivity (Wildman–Crippen MR) is 109 cm³/mol. The van der Waals surface area contributed by atoms with E-state index in [2.05, 4.69) is 5.32 Å². The lowest BCUT2D eigenvalue weighted by Gasteiger charge is -2.21. The Labute approximate surface area is 167 Å². The quantitative estimate of drug-likeness (QED) is 0.765. The Morgan fingerprint density at radius 2 is 1.96 bits per heavy atom. The lowest BCUT2D eigenvalue weighted by Crippen LogP contribution is -2.36. The van der Waals surface area contributed by atoms with Crippen LogP contribution in [0, 0.1) is 19.8 Å². The van der Waals surface area contributed by atoms with Gasteiger partial charge < -0.3 is 15.1 Å². The van der Waals surface area contributed by atoms with Crippen LogP contribution in [-0.2, 0) is 14.4 Å². The first-order chi connectivity index (χ1) is 13.5. The molecule has 0 radical (unpaired) electrons. The first kappa shape index (κ1) is 20.4. The van der Waals surface area contributed by atoms with Crippen molar-refractivity contribution in [1.82, 2.24) is 10.2 Å². The van der Waals surface area contributed by atoms with Gasteiger partial charge in [-0.2, -0.15) is 0 Å². The number of nitrogens with zero attached hydrogens (tertiary/aromatic N) is 2. The van der Waals surface area contributed by atoms with Crippen LogP contribution in [0.3, 0.4) is 0 Å². The van der Waals surface area contributed by atoms with E-state index in [-0.39, 0.29) is 30.1 Å². The van der Waals surface area contributed by atoms with E-state index in [1.807, 2.05) is 36.9 Å². The van der Waals surface area contributed by atoms with Gasteiger partial charge in [0, 0.05) is 44.7 Å². The van der Waals surface area contributed by atoms with Crippen LogP contribution in [0.1, 0.15) is 49.7 Å². The summed E-state index contributed by atoms with van der Waals surface area (Å²) in [5, 5.41) is 2.96. The fourth-order valence-corrected chi connectivity index (χ4v) is 4.04. The van der Waals surface area contributed by atoms with E-state index >= 15 is 0 Å². The number of aryl methyl sites for hydroxylation is 1. The van der Waals surface area contributed by atoms with Crippen molar-refractivity contribution in [2.24, 2.45) is 5.92 Å². The topological polar surface area (TPSA) is 69.7 Å². The molecule has 28 heavy (non-hydrogen) atoms. The van der Waals surface area contributed by atoms with Gasteiger partial charge in [0.2, 0.25) is 17.7 Å². The van der Waals surface area contributed by atoms with Gasteiger partial charge in [-0.05, 0) is 50.3 Å². The largest absolute Gasteiger partial charge is 0.356 e. The maximum Gasteiger partial charge on any atom is 0.227 e. The number of likely N-dealkylation sites (tertiary alicyclic amines) is 1. The third-order valence-corrected chi connectivity index (χ3v) is 5.94. The third kappa shape index (κ3) is 4.72. The van der Waals surface area contributed by atoms with Gasteiger partial charge in [0.15, 0.2) is 0 Å². The molecule has 0 saturated carbocycles. The molecule has 1 atom stereocenters. The number of hydrogen-bond donors (Lipinski definition) is 1. The number of carbonyl (C=O) groups excluding carboxylic acids is 3. The number of amides is 3. The summed E-state index contributed by atoms with van der Waals surface area (Å²) >= 11 is 0. The van der Waals surface area contributed by atoms with E-state index in [4.69, 9.17) is 0 Å². The number of nitrogens with one attached hydrogen (secondary N) is 1. The summed E-state index contributed by atoms with van der Waals surface area (Å²) < 4.78 is 0. The molecule has 2 aliphatic heterocycles. The fourth-order valence-electron chi connectivity index (χ4n) is 4.04. The van der Waals surface area contributed by atoms with Crippen LogP contribution < -0.4 is 10.2 Å². The molecule has 3 rings (SSSR count). The highest BCUT2D eigenvalue weighted by atomic mass is 16.2. The van der Waals surface area contributed by atoms with Gasteiger partial charge in [-0.25, -0.2) is 0 Å². The average molecular weight is 386 g/mol. The summed E-state index contributed by atoms with van der Waals surface area (Å²) in [5.74, 6) is -0.144. The molecule has 2 aliphatic rings. The zero-order chi connectivity index (χ0) is 20.1. The number of rotatable bonds is 6. The Kier molecular flexibility index (Phi) is 6.70. The summed E-state index contributed by atoms with van der Waals surface area (Å²) in [7, 11) is 0. The van der Waals surface area contributed by atoms with Crippen LogP contribution in [-0.4, -0.2) is 48.8 Å². The molecule has 1 unspecified atom stereocenters. The Morgan fingerprint density at radius 3 is 2.79 bits per heavy atom. The van der Waals surface area contributed by atoms with Gasteiger partial charge in [0.1, 0.15) is 0 Å². The Hall–Kier alpha value is -2.37. The average Bonchev–Trinajstić information content (AvgIpc) is 2.94. The number of anilines is 1. The molecule has 6 heteroatoms. The SMILES string of the molecule is Cc1cccc(N2CC(C(=O)NCCCN3CCCCCC3=O)CC2=O)c1C. The molecule has 0 aliphatic carbocycles. The minimum Gasteiger partial charge on any atom is -0.356 e. The highest BCUT2D eigenvalue weighted by molar-refractivity contribution is 6.00. The summed E-state index contributed by atoms with van der Waals surface area (Å²) in [4.78, 5) is 40.6. The monoisotopic (exact) mass is 385 g/mol. The minimum absolute atomic E-state index is 0.00372. The van der Waals surface area contributed by atoms with E-state index in [1.54, 1.807) is 4.90 Å². The normalized spacial score (nSPS) is 20.4. The van der Waals surface area contributed by atoms with Crippen LogP contribution in [0.5, 0.6) is 0 Å². The van der Waals surface area contributed by atoms with E-state index in [9.17, 15) is 14.4 Å². The number of benzene rings is 1. The van der Waals surface area contributed by atoms with Crippen LogP contribution in [0.25, 0.3) is 0 Å². The third-order valence-electron chi connectivity index (χ3n) is 5.94. The summed E-state index contributed by atoms with van der Waals surface area (Å²) in [6.07, 6.45) is 4.81. The van der Waals surface area contributed by atoms with Crippen molar-refractivity contribution in [2.75, 3.05) is 31.1 Å². The van der Waals surface area contributed by atoms with Crippen molar-refractivity contribution in [3.05, 3.63) is 29.3 Å². The Balaban J connectivity index is 1.47. The zero-order valence-electron chi connectivity index (χ0n) is 17.0. The first-order valence-corrected chi connectivity index (χ1v) is 10.4. The van der Waals surface area contributed by atoms with Crippen molar-refractivity contribution in [1.29, 1.82) is 0 Å². The first-order valence-electron chi connectivity index (χ1n) is 10.4. The Morgan fingerprint density at radius 1 is 1.14 bits per heavy atom. The van der Waals surface area contributed by atoms with Crippen molar-refractivity contribution in [3.8, 4) is 0 Å². The van der Waals surface area contributed by atoms with Gasteiger partial charge in [-0.3, -0.25) is 14.4 Å². The molecule has 1 aromatic carbocycles. The van der Waals surface area contributed by atoms with Gasteiger partial charge in [-0.1, -0.05) is 18.6 Å². The van der Waals surface area contributed by atoms with E-state index < -0.39 is 0 Å². The second-order valence-electron chi connectivity index (χ2n) is 7.96. The fraction of sp³-hybridized carbons (Fsp3) is 0.591. The smallest absolute Gasteiger partial charge is 0.227 e. The van der Waals surface area contributed by atoms with Crippen LogP contribution in [0.4, 0.5) is 5.69 Å². The highest BCUT2D eigenvalue weighted by Gasteiger charge is 2.35. The van der Waals surface area contributed by atoms with Crippen LogP contribution in [0.2, 0.25) is 0 Å². The molecule has 1 N–H and O–H groups in total. The molecule has 0 bridgehead atoms. The van der Waals surface area contributed by atoms with Gasteiger partial charge in [0.25, 0.3) is 0 Å². The van der Waals surface area contributed by atoms with Crippen molar-refractivity contribution in [3.63, 3.8) is 0 Å². The lowest BCUT2D eigenvalue weighted by atomic mass is 10.1. The summed E-state index contributed by atoms with van der Waals surface area (Å²) in [5.41, 5.74) is 3.13. The molecule has 2 heterocycles. The zero-order valence-corrected chi connectivity index (χ0v) is 17.0. The molecule has 152 valence electrons. The highest BCUT2D eigenvalue weighted by Crippen LogP contribution is 2.29. The summed E-state index contributed by atoms with van der Waals surface area (Å²) in [6.45, 7) is 6.52. The van der Waals surface area contributed by atoms with Gasteiger partial charge >= 0.3 is 0 Å². The van der Waals surface area contributed by atoms with Crippen LogP contribution in [0.15, 0.2) is 18.2 Å². The molecular formula is C22H31N3O3. The lowest BCUT2D eigenvalue weighted by molar-refractivity contribution is -0.130. The minimum atomic E-state index is -0.313. The van der Waals surface area contributed by atoms with Gasteiger partial charge in [-0.15, -0.1) is 0 Å². The number of carbonyl (C=O) groups is 3. The molecule has 2 saturated heterocycles. The van der Waals surface area contributed by atoms with E-state index in [1.165, 1.54) is 0 Å². The van der Waals surface area contributed by atoms with E-state index in [0.29, 0.717) is 26.1 Å². The van der Waals surface area contributed by atoms with Crippen LogP contribution >= 0.6 is 0 Å². The van der Waals surface area contributed by atoms with Gasteiger partial charge in [0.05, 0.1) is 5.92 Å². The molecular weight excluding hydrogens is 354 g/mol. The maximum absolute atomic E-state index is 12.5. The number of hydrogen-bond acceptors (Lipinski definition) is 3. The maximum atomic E-state index is 12.5. The summed E-state index contributed by atoms with van der Waals surface area (Å²) in [6, 6.07) is 5.92. The van der Waals surface area contributed by atoms with E-state index in [0.717, 1.165) is 49.0 Å². The Bertz CT molecular complexity index is 747. The molecule has 2 fully saturated rings. The van der Waals surface area contributed by atoms with Crippen molar-refractivity contribution >= 4 is 23.4 Å². The second-order valence-corrected chi connectivity index (χ2v) is 7.96. The standard InChI is InChI=1S/C22H31N3O3/c1-16-8-6-9-19(17(16)2)25-15-18(14-21(25)27)22(28)23-11-7-13-24-12-5-3-4-10-20(24)26/h6,8-9,18H,3-5,7,10-15H2,1-2H3,(H,23,28). The molecule has 6 nitrogen and oxygen atoms in total. The molecule has 1 aromatic rings. The predicted octanol–water partition coefficient (Wildman–Crippen LogP) is 2.57.